The maximum absolute atomic E-state index is 6.20. The van der Waals surface area contributed by atoms with Crippen LogP contribution < -0.4 is 5.73 Å². The Balaban J connectivity index is 1.93. The zero-order valence-corrected chi connectivity index (χ0v) is 9.72. The number of nitrogens with zero attached hydrogens (tertiary/aromatic N) is 1. The van der Waals surface area contributed by atoms with Gasteiger partial charge in [-0.2, -0.15) is 0 Å². The first-order valence-electron chi connectivity index (χ1n) is 5.58. The van der Waals surface area contributed by atoms with Crippen molar-refractivity contribution in [2.24, 2.45) is 5.73 Å². The third-order valence-corrected chi connectivity index (χ3v) is 3.60. The van der Waals surface area contributed by atoms with E-state index in [0.29, 0.717) is 0 Å². The molecule has 0 saturated heterocycles. The predicted molar refractivity (Wildman–Crippen MR) is 65.6 cm³/mol. The summed E-state index contributed by atoms with van der Waals surface area (Å²) >= 11 is 5.93. The monoisotopic (exact) mass is 235 g/mol. The van der Waals surface area contributed by atoms with Crippen molar-refractivity contribution in [3.8, 4) is 0 Å². The molecule has 1 aliphatic carbocycles. The summed E-state index contributed by atoms with van der Waals surface area (Å²) in [5.41, 5.74) is 8.12. The SMILES string of the molecule is NC1(Cc2nc3ccc(Cl)cc3[nH]2)CCC1. The number of H-pyrrole nitrogens is 1. The van der Waals surface area contributed by atoms with E-state index < -0.39 is 0 Å². The summed E-state index contributed by atoms with van der Waals surface area (Å²) in [5.74, 6) is 0.972. The molecule has 3 rings (SSSR count). The zero-order valence-electron chi connectivity index (χ0n) is 8.96. The van der Waals surface area contributed by atoms with Gasteiger partial charge in [0.2, 0.25) is 0 Å². The van der Waals surface area contributed by atoms with Gasteiger partial charge >= 0.3 is 0 Å². The number of imidazole rings is 1. The molecule has 3 nitrogen and oxygen atoms in total. The molecule has 1 aromatic carbocycles. The Kier molecular flexibility index (Phi) is 2.19. The van der Waals surface area contributed by atoms with Crippen molar-refractivity contribution in [2.75, 3.05) is 0 Å². The molecule has 0 amide bonds. The van der Waals surface area contributed by atoms with E-state index >= 15 is 0 Å². The fourth-order valence-electron chi connectivity index (χ4n) is 2.26. The molecular weight excluding hydrogens is 222 g/mol. The normalized spacial score (nSPS) is 18.6. The quantitative estimate of drug-likeness (QED) is 0.841. The molecule has 3 N–H and O–H groups in total. The smallest absolute Gasteiger partial charge is 0.109 e. The van der Waals surface area contributed by atoms with Crippen LogP contribution in [0.2, 0.25) is 5.02 Å². The number of halogens is 1. The molecule has 1 fully saturated rings. The van der Waals surface area contributed by atoms with Gasteiger partial charge in [-0.05, 0) is 37.5 Å². The highest BCUT2D eigenvalue weighted by atomic mass is 35.5. The number of aromatic nitrogens is 2. The third-order valence-electron chi connectivity index (χ3n) is 3.36. The van der Waals surface area contributed by atoms with Crippen molar-refractivity contribution in [3.05, 3.63) is 29.0 Å². The van der Waals surface area contributed by atoms with Gasteiger partial charge in [-0.3, -0.25) is 0 Å². The van der Waals surface area contributed by atoms with Crippen LogP contribution in [0.4, 0.5) is 0 Å². The summed E-state index contributed by atoms with van der Waals surface area (Å²) in [7, 11) is 0. The van der Waals surface area contributed by atoms with E-state index in [1.165, 1.54) is 6.42 Å². The van der Waals surface area contributed by atoms with Crippen LogP contribution in [-0.4, -0.2) is 15.5 Å². The van der Waals surface area contributed by atoms with Gasteiger partial charge in [-0.15, -0.1) is 0 Å². The Labute approximate surface area is 99.0 Å². The standard InChI is InChI=1S/C12H14ClN3/c13-8-2-3-9-10(6-8)16-11(15-9)7-12(14)4-1-5-12/h2-3,6H,1,4-5,7,14H2,(H,15,16). The van der Waals surface area contributed by atoms with Crippen molar-refractivity contribution < 1.29 is 0 Å². The van der Waals surface area contributed by atoms with Gasteiger partial charge in [0.15, 0.2) is 0 Å². The summed E-state index contributed by atoms with van der Waals surface area (Å²) < 4.78 is 0. The second kappa shape index (κ2) is 3.47. The minimum atomic E-state index is -0.0301. The highest BCUT2D eigenvalue weighted by Gasteiger charge is 2.33. The van der Waals surface area contributed by atoms with Gasteiger partial charge in [-0.1, -0.05) is 11.6 Å². The van der Waals surface area contributed by atoms with Gasteiger partial charge in [-0.25, -0.2) is 4.98 Å². The first kappa shape index (κ1) is 10.1. The number of hydrogen-bond acceptors (Lipinski definition) is 2. The number of fused-ring (bicyclic) bond motifs is 1. The van der Waals surface area contributed by atoms with Gasteiger partial charge in [0.25, 0.3) is 0 Å². The van der Waals surface area contributed by atoms with Gasteiger partial charge in [0.05, 0.1) is 11.0 Å². The Morgan fingerprint density at radius 2 is 2.25 bits per heavy atom. The van der Waals surface area contributed by atoms with Crippen LogP contribution >= 0.6 is 11.6 Å². The number of benzene rings is 1. The second-order valence-electron chi connectivity index (χ2n) is 4.74. The fourth-order valence-corrected chi connectivity index (χ4v) is 2.43. The van der Waals surface area contributed by atoms with E-state index in [1.807, 2.05) is 18.2 Å². The Bertz CT molecular complexity index is 528. The molecule has 1 saturated carbocycles. The zero-order chi connectivity index (χ0) is 11.2. The van der Waals surface area contributed by atoms with E-state index in [0.717, 1.165) is 41.1 Å². The van der Waals surface area contributed by atoms with Crippen molar-refractivity contribution >= 4 is 22.6 Å². The second-order valence-corrected chi connectivity index (χ2v) is 5.17. The molecule has 84 valence electrons. The summed E-state index contributed by atoms with van der Waals surface area (Å²) in [5, 5.41) is 0.730. The summed E-state index contributed by atoms with van der Waals surface area (Å²) in [6, 6.07) is 5.69. The first-order valence-corrected chi connectivity index (χ1v) is 5.96. The average Bonchev–Trinajstić information content (AvgIpc) is 2.56. The predicted octanol–water partition coefficient (Wildman–Crippen LogP) is 2.64. The molecule has 0 bridgehead atoms. The van der Waals surface area contributed by atoms with Crippen molar-refractivity contribution in [2.45, 2.75) is 31.2 Å². The van der Waals surface area contributed by atoms with E-state index in [1.54, 1.807) is 0 Å². The van der Waals surface area contributed by atoms with Crippen molar-refractivity contribution in [1.82, 2.24) is 9.97 Å². The van der Waals surface area contributed by atoms with Crippen LogP contribution in [0.1, 0.15) is 25.1 Å². The van der Waals surface area contributed by atoms with E-state index in [2.05, 4.69) is 9.97 Å². The lowest BCUT2D eigenvalue weighted by atomic mass is 9.75. The van der Waals surface area contributed by atoms with Crippen molar-refractivity contribution in [1.29, 1.82) is 0 Å². The minimum Gasteiger partial charge on any atom is -0.342 e. The Morgan fingerprint density at radius 3 is 2.94 bits per heavy atom. The molecule has 0 atom stereocenters. The Hall–Kier alpha value is -1.06. The maximum atomic E-state index is 6.20. The van der Waals surface area contributed by atoms with Crippen LogP contribution in [0.5, 0.6) is 0 Å². The number of aromatic amines is 1. The molecule has 0 unspecified atom stereocenters. The summed E-state index contributed by atoms with van der Waals surface area (Å²) in [6.07, 6.45) is 4.28. The van der Waals surface area contributed by atoms with Crippen LogP contribution in [-0.2, 0) is 6.42 Å². The number of nitrogens with two attached hydrogens (primary N) is 1. The molecule has 0 aliphatic heterocycles. The Morgan fingerprint density at radius 1 is 1.44 bits per heavy atom. The largest absolute Gasteiger partial charge is 0.342 e. The lowest BCUT2D eigenvalue weighted by molar-refractivity contribution is 0.244. The van der Waals surface area contributed by atoms with Crippen LogP contribution in [0, 0.1) is 0 Å². The summed E-state index contributed by atoms with van der Waals surface area (Å²) in [4.78, 5) is 7.81. The van der Waals surface area contributed by atoms with Crippen LogP contribution in [0.3, 0.4) is 0 Å². The number of hydrogen-bond donors (Lipinski definition) is 2. The summed E-state index contributed by atoms with van der Waals surface area (Å²) in [6.45, 7) is 0. The topological polar surface area (TPSA) is 54.7 Å². The van der Waals surface area contributed by atoms with Crippen LogP contribution in [0.25, 0.3) is 11.0 Å². The van der Waals surface area contributed by atoms with Gasteiger partial charge in [0, 0.05) is 17.0 Å². The van der Waals surface area contributed by atoms with Gasteiger partial charge in [0.1, 0.15) is 5.82 Å². The lowest BCUT2D eigenvalue weighted by Gasteiger charge is -2.37. The van der Waals surface area contributed by atoms with E-state index in [-0.39, 0.29) is 5.54 Å². The van der Waals surface area contributed by atoms with Gasteiger partial charge < -0.3 is 10.7 Å². The van der Waals surface area contributed by atoms with Crippen molar-refractivity contribution in [3.63, 3.8) is 0 Å². The maximum Gasteiger partial charge on any atom is 0.109 e. The molecular formula is C12H14ClN3. The van der Waals surface area contributed by atoms with E-state index in [4.69, 9.17) is 17.3 Å². The average molecular weight is 236 g/mol. The number of rotatable bonds is 2. The fraction of sp³-hybridized carbons (Fsp3) is 0.417. The molecule has 0 radical (unpaired) electrons. The molecule has 16 heavy (non-hydrogen) atoms. The highest BCUT2D eigenvalue weighted by Crippen LogP contribution is 2.32. The molecule has 1 heterocycles. The molecule has 1 aliphatic rings. The third kappa shape index (κ3) is 1.70. The highest BCUT2D eigenvalue weighted by molar-refractivity contribution is 6.31. The minimum absolute atomic E-state index is 0.0301. The molecule has 1 aromatic heterocycles. The lowest BCUT2D eigenvalue weighted by Crippen LogP contribution is -2.48. The first-order chi connectivity index (χ1) is 7.65. The molecule has 4 heteroatoms. The van der Waals surface area contributed by atoms with Crippen LogP contribution in [0.15, 0.2) is 18.2 Å². The molecule has 2 aromatic rings. The number of nitrogens with one attached hydrogen (secondary N) is 1. The van der Waals surface area contributed by atoms with E-state index in [9.17, 15) is 0 Å². The molecule has 0 spiro atoms.